The van der Waals surface area contributed by atoms with Gasteiger partial charge in [0, 0.05) is 92.8 Å². The Hall–Kier alpha value is -16.5. The maximum Gasteiger partial charge on any atom is 0.334 e. The third-order valence-corrected chi connectivity index (χ3v) is 24.3. The normalized spacial score (nSPS) is 11.8. The summed E-state index contributed by atoms with van der Waals surface area (Å²) in [6.45, 7) is 14.5. The van der Waals surface area contributed by atoms with E-state index in [0.717, 1.165) is 250 Å². The molecule has 0 bridgehead atoms. The third kappa shape index (κ3) is 13.1. The van der Waals surface area contributed by atoms with Gasteiger partial charge in [0.15, 0.2) is 39.4 Å². The Morgan fingerprint density at radius 3 is 1.05 bits per heavy atom. The SMILES string of the molecule is Cc1cc2c(cc1-c1nccc[n+]1C)oc1oc3ccccc3c12.Cc1cc[n+](C)c(-c2cc3oc4oc5ccccc5c4c3cc2C)n1.Cc1cc[n+](C)c(-c2cc3oc4oc5ccccc5c4c3cc2C)n1.Cc1ccc2c(oc3c4ccccc4oc23)c1-c1nccc[n+]1C.Cc1ccc2c(oc3oc4ccccc4c32)c1-c1nc(-c2ccccc2)cc[n+]1C. The first-order valence-corrected chi connectivity index (χ1v) is 42.3. The topological polar surface area (TPSA) is 215 Å². The van der Waals surface area contributed by atoms with Crippen molar-refractivity contribution in [3.8, 4) is 68.2 Å². The van der Waals surface area contributed by atoms with Crippen LogP contribution in [0.5, 0.6) is 0 Å². The molecular formula is C108H83N10O10+5. The van der Waals surface area contributed by atoms with Crippen molar-refractivity contribution in [3.63, 3.8) is 0 Å². The molecule has 0 atom stereocenters. The van der Waals surface area contributed by atoms with Crippen molar-refractivity contribution in [3.05, 3.63) is 325 Å². The van der Waals surface area contributed by atoms with E-state index in [1.165, 1.54) is 0 Å². The molecule has 0 N–H and O–H groups in total. The van der Waals surface area contributed by atoms with Crippen LogP contribution in [0.1, 0.15) is 39.2 Å². The Bertz CT molecular complexity index is 8770. The Labute approximate surface area is 730 Å². The molecule has 11 aromatic carbocycles. The average Bonchev–Trinajstić information content (AvgIpc) is 1.58. The van der Waals surface area contributed by atoms with Crippen LogP contribution in [0, 0.1) is 48.5 Å². The highest BCUT2D eigenvalue weighted by molar-refractivity contribution is 6.22. The lowest BCUT2D eigenvalue weighted by atomic mass is 10.0. The Balaban J connectivity index is 0.0000000945. The molecule has 0 aliphatic carbocycles. The van der Waals surface area contributed by atoms with Crippen LogP contribution in [0.2, 0.25) is 0 Å². The number of hydrogen-bond acceptors (Lipinski definition) is 15. The molecule has 0 radical (unpaired) electrons. The number of hydrogen-bond donors (Lipinski definition) is 0. The first-order valence-electron chi connectivity index (χ1n) is 42.3. The molecule has 20 heteroatoms. The fraction of sp³-hybridized carbons (Fsp3) is 0.111. The van der Waals surface area contributed by atoms with Gasteiger partial charge in [0.1, 0.15) is 68.2 Å². The van der Waals surface area contributed by atoms with Crippen molar-refractivity contribution in [2.24, 2.45) is 35.2 Å². The predicted octanol–water partition coefficient (Wildman–Crippen LogP) is 24.9. The van der Waals surface area contributed by atoms with E-state index < -0.39 is 0 Å². The molecular weight excluding hydrogens is 1600 g/mol. The summed E-state index contributed by atoms with van der Waals surface area (Å²) in [7, 11) is 10.0. The number of furan rings is 10. The van der Waals surface area contributed by atoms with Gasteiger partial charge in [-0.15, -0.1) is 0 Å². The van der Waals surface area contributed by atoms with Crippen LogP contribution in [0.3, 0.4) is 0 Å². The largest absolute Gasteiger partial charge is 0.452 e. The van der Waals surface area contributed by atoms with E-state index in [9.17, 15) is 0 Å². The minimum absolute atomic E-state index is 0.555. The average molecular weight is 1680 g/mol. The Kier molecular flexibility index (Phi) is 18.7. The number of fused-ring (bicyclic) bond motifs is 25. The summed E-state index contributed by atoms with van der Waals surface area (Å²) in [5.41, 5.74) is 24.8. The first-order chi connectivity index (χ1) is 62.4. The molecule has 128 heavy (non-hydrogen) atoms. The first kappa shape index (κ1) is 77.6. The lowest BCUT2D eigenvalue weighted by Crippen LogP contribution is -2.32. The molecule has 0 unspecified atom stereocenters. The highest BCUT2D eigenvalue weighted by Gasteiger charge is 2.31. The van der Waals surface area contributed by atoms with Gasteiger partial charge in [0.05, 0.1) is 115 Å². The van der Waals surface area contributed by atoms with Crippen LogP contribution < -0.4 is 22.8 Å². The van der Waals surface area contributed by atoms with Crippen molar-refractivity contribution < 1.29 is 67.0 Å². The molecule has 0 amide bonds. The highest BCUT2D eigenvalue weighted by Crippen LogP contribution is 2.47. The van der Waals surface area contributed by atoms with E-state index in [1.807, 2.05) is 248 Å². The fourth-order valence-corrected chi connectivity index (χ4v) is 17.8. The second kappa shape index (κ2) is 30.8. The Morgan fingerprint density at radius 1 is 0.227 bits per heavy atom. The second-order valence-electron chi connectivity index (χ2n) is 32.8. The lowest BCUT2D eigenvalue weighted by molar-refractivity contribution is -0.663. The van der Waals surface area contributed by atoms with Gasteiger partial charge in [-0.25, -0.2) is 22.8 Å². The molecule has 26 aromatic rings. The lowest BCUT2D eigenvalue weighted by Gasteiger charge is -2.05. The molecule has 15 aromatic heterocycles. The van der Waals surface area contributed by atoms with Crippen molar-refractivity contribution in [2.75, 3.05) is 0 Å². The standard InChI is InChI=1S/C26H19N2O2.2C21H17N2O2.2C20H15N2O2/c1-16-12-13-19-23-18-10-6-7-11-21(18)29-26(23)30-24(19)22(16)25-27-20(14-15-28(25)2)17-8-4-3-5-9-17;2*1-12-10-16-18(11-15(12)20-22-13(2)8-9-23(20)3)25-21-19(16)14-6-4-5-7-17(14)24-21;1-12-8-9-14-17(16(12)20-21-10-5-11-22(20)2)24-18-13-6-3-4-7-15(13)23-19(14)18;1-12-10-15-17(11-14(12)19-21-8-5-9-22(19)2)24-20-18(15)13-6-3-4-7-16(13)23-20/h3-15H,1-2H3;2*4-11H,1-3H3;2*3-11H,1-2H3/q5*+1. The van der Waals surface area contributed by atoms with E-state index in [-0.39, 0.29) is 0 Å². The fourth-order valence-electron chi connectivity index (χ4n) is 17.8. The van der Waals surface area contributed by atoms with Crippen molar-refractivity contribution in [2.45, 2.75) is 48.5 Å². The van der Waals surface area contributed by atoms with Gasteiger partial charge in [-0.2, -0.15) is 0 Å². The van der Waals surface area contributed by atoms with Gasteiger partial charge in [0.2, 0.25) is 0 Å². The zero-order valence-corrected chi connectivity index (χ0v) is 72.2. The highest BCUT2D eigenvalue weighted by atomic mass is 16.5. The van der Waals surface area contributed by atoms with Crippen LogP contribution in [0.25, 0.3) is 234 Å². The predicted molar refractivity (Wildman–Crippen MR) is 498 cm³/mol. The molecule has 26 rings (SSSR count). The van der Waals surface area contributed by atoms with E-state index in [0.29, 0.717) is 23.1 Å². The third-order valence-electron chi connectivity index (χ3n) is 24.3. The monoisotopic (exact) mass is 1680 g/mol. The maximum atomic E-state index is 6.28. The Morgan fingerprint density at radius 2 is 0.578 bits per heavy atom. The van der Waals surface area contributed by atoms with Crippen LogP contribution in [0.4, 0.5) is 0 Å². The van der Waals surface area contributed by atoms with Gasteiger partial charge < -0.3 is 44.2 Å². The van der Waals surface area contributed by atoms with E-state index >= 15 is 0 Å². The number of aryl methyl sites for hydroxylation is 12. The summed E-state index contributed by atoms with van der Waals surface area (Å²) in [5, 5.41) is 14.7. The van der Waals surface area contributed by atoms with Crippen LogP contribution in [0.15, 0.2) is 330 Å². The summed E-state index contributed by atoms with van der Waals surface area (Å²) in [6, 6.07) is 81.3. The number of rotatable bonds is 6. The molecule has 0 saturated heterocycles. The number of nitrogens with zero attached hydrogens (tertiary/aromatic N) is 10. The van der Waals surface area contributed by atoms with Crippen molar-refractivity contribution >= 4 is 166 Å². The molecule has 20 nitrogen and oxygen atoms in total. The van der Waals surface area contributed by atoms with Crippen molar-refractivity contribution in [1.29, 1.82) is 0 Å². The van der Waals surface area contributed by atoms with Crippen LogP contribution in [-0.2, 0) is 35.2 Å². The molecule has 0 spiro atoms. The summed E-state index contributed by atoms with van der Waals surface area (Å²) < 4.78 is 70.4. The second-order valence-corrected chi connectivity index (χ2v) is 32.8. The molecule has 0 fully saturated rings. The van der Waals surface area contributed by atoms with Gasteiger partial charge in [-0.1, -0.05) is 133 Å². The van der Waals surface area contributed by atoms with E-state index in [2.05, 4.69) is 142 Å². The van der Waals surface area contributed by atoms with Gasteiger partial charge in [0.25, 0.3) is 23.1 Å². The van der Waals surface area contributed by atoms with E-state index in [4.69, 9.17) is 59.1 Å². The number of para-hydroxylation sites is 5. The quantitative estimate of drug-likeness (QED) is 0.142. The van der Waals surface area contributed by atoms with Crippen molar-refractivity contribution in [1.82, 2.24) is 24.9 Å². The van der Waals surface area contributed by atoms with Gasteiger partial charge >= 0.3 is 29.1 Å². The molecule has 0 aliphatic rings. The molecule has 620 valence electrons. The minimum Gasteiger partial charge on any atom is -0.452 e. The smallest absolute Gasteiger partial charge is 0.334 e. The van der Waals surface area contributed by atoms with Crippen LogP contribution >= 0.6 is 0 Å². The molecule has 15 heterocycles. The maximum absolute atomic E-state index is 6.28. The minimum atomic E-state index is 0.555. The number of aromatic nitrogens is 10. The van der Waals surface area contributed by atoms with Gasteiger partial charge in [-0.05, 0) is 166 Å². The summed E-state index contributed by atoms with van der Waals surface area (Å²) >= 11 is 0. The van der Waals surface area contributed by atoms with Crippen LogP contribution in [-0.4, -0.2) is 24.9 Å². The van der Waals surface area contributed by atoms with E-state index in [1.54, 1.807) is 12.4 Å². The molecule has 0 aliphatic heterocycles. The molecule has 0 saturated carbocycles. The van der Waals surface area contributed by atoms with Gasteiger partial charge in [-0.3, -0.25) is 0 Å². The number of benzene rings is 11. The summed E-state index contributed by atoms with van der Waals surface area (Å²) in [5.74, 6) is 6.79. The summed E-state index contributed by atoms with van der Waals surface area (Å²) in [6.07, 6.45) is 13.7. The summed E-state index contributed by atoms with van der Waals surface area (Å²) in [4.78, 5) is 23.5. The zero-order valence-electron chi connectivity index (χ0n) is 72.2. The zero-order chi connectivity index (χ0) is 87.0.